The molecule has 4 rings (SSSR count). The molecule has 0 spiro atoms. The van der Waals surface area contributed by atoms with Gasteiger partial charge in [0.1, 0.15) is 17.2 Å². The highest BCUT2D eigenvalue weighted by Gasteiger charge is 2.20. The predicted molar refractivity (Wildman–Crippen MR) is 123 cm³/mol. The molecule has 0 atom stereocenters. The quantitative estimate of drug-likeness (QED) is 0.399. The lowest BCUT2D eigenvalue weighted by atomic mass is 10.1. The van der Waals surface area contributed by atoms with Gasteiger partial charge in [0.25, 0.3) is 5.91 Å². The van der Waals surface area contributed by atoms with Crippen LogP contribution in [-0.4, -0.2) is 10.5 Å². The molecule has 4 aromatic rings. The highest BCUT2D eigenvalue weighted by atomic mass is 16.5. The maximum Gasteiger partial charge on any atom is 0.272 e. The van der Waals surface area contributed by atoms with Crippen LogP contribution in [-0.2, 0) is 13.0 Å². The van der Waals surface area contributed by atoms with Crippen molar-refractivity contribution in [3.63, 3.8) is 0 Å². The van der Waals surface area contributed by atoms with Crippen LogP contribution in [0.2, 0.25) is 0 Å². The molecule has 1 N–H and O–H groups in total. The normalized spacial score (nSPS) is 10.9. The van der Waals surface area contributed by atoms with Crippen LogP contribution in [0.15, 0.2) is 72.8 Å². The van der Waals surface area contributed by atoms with E-state index in [0.29, 0.717) is 5.69 Å². The molecule has 1 heterocycles. The number of aromatic nitrogens is 1. The van der Waals surface area contributed by atoms with Crippen LogP contribution in [0.4, 0.5) is 5.69 Å². The summed E-state index contributed by atoms with van der Waals surface area (Å²) in [5.41, 5.74) is 4.85. The lowest BCUT2D eigenvalue weighted by Crippen LogP contribution is -2.17. The monoisotopic (exact) mass is 398 g/mol. The maximum atomic E-state index is 13.2. The van der Waals surface area contributed by atoms with E-state index in [4.69, 9.17) is 4.74 Å². The van der Waals surface area contributed by atoms with Crippen molar-refractivity contribution in [3.8, 4) is 11.5 Å². The first-order valence-electron chi connectivity index (χ1n) is 10.4. The smallest absolute Gasteiger partial charge is 0.272 e. The van der Waals surface area contributed by atoms with Gasteiger partial charge in [-0.05, 0) is 79.9 Å². The number of aryl methyl sites for hydroxylation is 3. The number of para-hydroxylation sites is 1. The molecule has 0 bridgehead atoms. The number of carbonyl (C=O) groups excluding carboxylic acids is 1. The zero-order chi connectivity index (χ0) is 21.1. The van der Waals surface area contributed by atoms with Crippen LogP contribution in [0, 0.1) is 6.92 Å². The summed E-state index contributed by atoms with van der Waals surface area (Å²) >= 11 is 0. The minimum atomic E-state index is -0.0969. The standard InChI is InChI=1S/C26H26N2O2/c1-4-19-11-16-24-23(17-19)18(3)25(28(24)5-2)26(29)27-20-12-14-22(15-13-20)30-21-9-7-6-8-10-21/h6-17H,4-5H2,1-3H3,(H,27,29). The van der Waals surface area contributed by atoms with Crippen molar-refractivity contribution in [2.45, 2.75) is 33.7 Å². The van der Waals surface area contributed by atoms with Gasteiger partial charge in [0, 0.05) is 23.1 Å². The molecule has 1 amide bonds. The summed E-state index contributed by atoms with van der Waals surface area (Å²) in [5.74, 6) is 1.41. The van der Waals surface area contributed by atoms with Crippen LogP contribution in [0.5, 0.6) is 11.5 Å². The van der Waals surface area contributed by atoms with E-state index in [9.17, 15) is 4.79 Å². The Morgan fingerprint density at radius 2 is 1.63 bits per heavy atom. The van der Waals surface area contributed by atoms with Gasteiger partial charge in [-0.25, -0.2) is 0 Å². The van der Waals surface area contributed by atoms with Gasteiger partial charge in [0.15, 0.2) is 0 Å². The molecule has 0 fully saturated rings. The Balaban J connectivity index is 1.58. The molecule has 0 saturated carbocycles. The van der Waals surface area contributed by atoms with E-state index in [1.54, 1.807) is 0 Å². The SMILES string of the molecule is CCc1ccc2c(c1)c(C)c(C(=O)Nc1ccc(Oc3ccccc3)cc1)n2CC. The van der Waals surface area contributed by atoms with Gasteiger partial charge in [-0.2, -0.15) is 0 Å². The van der Waals surface area contributed by atoms with Crippen LogP contribution in [0.25, 0.3) is 10.9 Å². The Morgan fingerprint density at radius 3 is 2.30 bits per heavy atom. The minimum absolute atomic E-state index is 0.0969. The molecule has 152 valence electrons. The Hall–Kier alpha value is -3.53. The van der Waals surface area contributed by atoms with E-state index in [-0.39, 0.29) is 5.91 Å². The van der Waals surface area contributed by atoms with Gasteiger partial charge in [-0.3, -0.25) is 4.79 Å². The first-order valence-corrected chi connectivity index (χ1v) is 10.4. The lowest BCUT2D eigenvalue weighted by Gasteiger charge is -2.11. The number of hydrogen-bond acceptors (Lipinski definition) is 2. The highest BCUT2D eigenvalue weighted by Crippen LogP contribution is 2.28. The van der Waals surface area contributed by atoms with E-state index in [2.05, 4.69) is 41.9 Å². The van der Waals surface area contributed by atoms with E-state index >= 15 is 0 Å². The zero-order valence-electron chi connectivity index (χ0n) is 17.6. The van der Waals surface area contributed by atoms with Gasteiger partial charge in [0.05, 0.1) is 0 Å². The predicted octanol–water partition coefficient (Wildman–Crippen LogP) is 6.58. The van der Waals surface area contributed by atoms with Crippen molar-refractivity contribution in [1.82, 2.24) is 4.57 Å². The number of nitrogens with one attached hydrogen (secondary N) is 1. The first-order chi connectivity index (χ1) is 14.6. The number of ether oxygens (including phenoxy) is 1. The fourth-order valence-corrected chi connectivity index (χ4v) is 3.83. The lowest BCUT2D eigenvalue weighted by molar-refractivity contribution is 0.101. The second-order valence-corrected chi connectivity index (χ2v) is 7.32. The van der Waals surface area contributed by atoms with E-state index in [1.165, 1.54) is 5.56 Å². The van der Waals surface area contributed by atoms with Crippen LogP contribution in [0.1, 0.15) is 35.5 Å². The minimum Gasteiger partial charge on any atom is -0.457 e. The van der Waals surface area contributed by atoms with Crippen molar-refractivity contribution in [2.24, 2.45) is 0 Å². The summed E-state index contributed by atoms with van der Waals surface area (Å²) in [5, 5.41) is 4.19. The summed E-state index contributed by atoms with van der Waals surface area (Å²) in [6.07, 6.45) is 0.978. The topological polar surface area (TPSA) is 43.3 Å². The van der Waals surface area contributed by atoms with E-state index in [1.807, 2.05) is 61.5 Å². The van der Waals surface area contributed by atoms with Crippen LogP contribution in [0.3, 0.4) is 0 Å². The summed E-state index contributed by atoms with van der Waals surface area (Å²) < 4.78 is 7.91. The number of rotatable bonds is 6. The Morgan fingerprint density at radius 1 is 0.933 bits per heavy atom. The largest absolute Gasteiger partial charge is 0.457 e. The van der Waals surface area contributed by atoms with Crippen molar-refractivity contribution in [1.29, 1.82) is 0 Å². The number of amides is 1. The van der Waals surface area contributed by atoms with Crippen molar-refractivity contribution in [3.05, 3.63) is 89.6 Å². The van der Waals surface area contributed by atoms with Crippen molar-refractivity contribution < 1.29 is 9.53 Å². The summed E-state index contributed by atoms with van der Waals surface area (Å²) in [6, 6.07) is 23.5. The fourth-order valence-electron chi connectivity index (χ4n) is 3.83. The fraction of sp³-hybridized carbons (Fsp3) is 0.192. The molecular weight excluding hydrogens is 372 g/mol. The average Bonchev–Trinajstić information content (AvgIpc) is 3.07. The second-order valence-electron chi connectivity index (χ2n) is 7.32. The third-order valence-corrected chi connectivity index (χ3v) is 5.41. The molecule has 1 aromatic heterocycles. The Kier molecular flexibility index (Phi) is 5.57. The Labute approximate surface area is 177 Å². The van der Waals surface area contributed by atoms with Crippen LogP contribution < -0.4 is 10.1 Å². The summed E-state index contributed by atoms with van der Waals surface area (Å²) in [6.45, 7) is 6.98. The van der Waals surface area contributed by atoms with Gasteiger partial charge in [0.2, 0.25) is 0 Å². The average molecular weight is 399 g/mol. The highest BCUT2D eigenvalue weighted by molar-refractivity contribution is 6.08. The van der Waals surface area contributed by atoms with Gasteiger partial charge >= 0.3 is 0 Å². The number of carbonyl (C=O) groups is 1. The van der Waals surface area contributed by atoms with Crippen LogP contribution >= 0.6 is 0 Å². The van der Waals surface area contributed by atoms with Crippen molar-refractivity contribution >= 4 is 22.5 Å². The molecule has 4 nitrogen and oxygen atoms in total. The number of nitrogens with zero attached hydrogens (tertiary/aromatic N) is 1. The molecule has 0 aliphatic rings. The molecule has 30 heavy (non-hydrogen) atoms. The second kappa shape index (κ2) is 8.46. The number of anilines is 1. The number of benzene rings is 3. The van der Waals surface area contributed by atoms with E-state index in [0.717, 1.165) is 46.6 Å². The molecule has 3 aromatic carbocycles. The zero-order valence-corrected chi connectivity index (χ0v) is 17.6. The first kappa shape index (κ1) is 19.8. The molecule has 0 saturated heterocycles. The summed E-state index contributed by atoms with van der Waals surface area (Å²) in [4.78, 5) is 13.2. The third kappa shape index (κ3) is 3.81. The van der Waals surface area contributed by atoms with Gasteiger partial charge in [-0.1, -0.05) is 31.2 Å². The molecule has 0 unspecified atom stereocenters. The summed E-state index contributed by atoms with van der Waals surface area (Å²) in [7, 11) is 0. The van der Waals surface area contributed by atoms with Gasteiger partial charge < -0.3 is 14.6 Å². The maximum absolute atomic E-state index is 13.2. The number of hydrogen-bond donors (Lipinski definition) is 1. The molecule has 0 aliphatic heterocycles. The molecular formula is C26H26N2O2. The molecule has 0 radical (unpaired) electrons. The molecule has 0 aliphatic carbocycles. The van der Waals surface area contributed by atoms with Gasteiger partial charge in [-0.15, -0.1) is 0 Å². The molecule has 4 heteroatoms. The van der Waals surface area contributed by atoms with Crippen molar-refractivity contribution in [2.75, 3.05) is 5.32 Å². The number of fused-ring (bicyclic) bond motifs is 1. The Bertz CT molecular complexity index is 1180. The van der Waals surface area contributed by atoms with E-state index < -0.39 is 0 Å². The third-order valence-electron chi connectivity index (χ3n) is 5.41.